The van der Waals surface area contributed by atoms with Gasteiger partial charge in [0.05, 0.1) is 23.6 Å². The lowest BCUT2D eigenvalue weighted by atomic mass is 10.2. The van der Waals surface area contributed by atoms with Gasteiger partial charge in [0.25, 0.3) is 5.91 Å². The number of aromatic nitrogens is 5. The number of amides is 1. The molecule has 1 aromatic carbocycles. The summed E-state index contributed by atoms with van der Waals surface area (Å²) >= 11 is 0. The fourth-order valence-electron chi connectivity index (χ4n) is 3.48. The summed E-state index contributed by atoms with van der Waals surface area (Å²) in [5.74, 6) is -0.500. The number of para-hydroxylation sites is 1. The van der Waals surface area contributed by atoms with Gasteiger partial charge in [0.1, 0.15) is 5.82 Å². The van der Waals surface area contributed by atoms with Gasteiger partial charge in [-0.25, -0.2) is 9.48 Å². The Labute approximate surface area is 167 Å². The Morgan fingerprint density at radius 2 is 1.90 bits per heavy atom. The van der Waals surface area contributed by atoms with Gasteiger partial charge in [-0.3, -0.25) is 4.79 Å². The maximum Gasteiger partial charge on any atom is 0.361 e. The monoisotopic (exact) mass is 394 g/mol. The number of aryl methyl sites for hydroxylation is 1. The first-order valence-electron chi connectivity index (χ1n) is 9.61. The molecule has 0 radical (unpaired) electrons. The number of carbonyl (C=O) groups is 2. The van der Waals surface area contributed by atoms with Crippen LogP contribution in [0.1, 0.15) is 47.9 Å². The quantitative estimate of drug-likeness (QED) is 0.645. The summed E-state index contributed by atoms with van der Waals surface area (Å²) in [5, 5.41) is 15.5. The summed E-state index contributed by atoms with van der Waals surface area (Å²) in [4.78, 5) is 26.0. The van der Waals surface area contributed by atoms with Crippen LogP contribution < -0.4 is 5.32 Å². The molecule has 4 rings (SSSR count). The van der Waals surface area contributed by atoms with Gasteiger partial charge < -0.3 is 10.1 Å². The second-order valence-corrected chi connectivity index (χ2v) is 6.98. The second kappa shape index (κ2) is 8.26. The minimum Gasteiger partial charge on any atom is -0.451 e. The van der Waals surface area contributed by atoms with E-state index in [1.807, 2.05) is 35.0 Å². The van der Waals surface area contributed by atoms with Crippen molar-refractivity contribution in [3.63, 3.8) is 0 Å². The van der Waals surface area contributed by atoms with Crippen LogP contribution in [-0.4, -0.2) is 43.3 Å². The largest absolute Gasteiger partial charge is 0.451 e. The average Bonchev–Trinajstić information content (AvgIpc) is 3.47. The van der Waals surface area contributed by atoms with E-state index in [2.05, 4.69) is 20.6 Å². The first kappa shape index (κ1) is 18.9. The number of hydrogen-bond acceptors (Lipinski definition) is 6. The van der Waals surface area contributed by atoms with E-state index in [1.165, 1.54) is 17.6 Å². The topological polar surface area (TPSA) is 104 Å². The molecule has 0 unspecified atom stereocenters. The zero-order chi connectivity index (χ0) is 20.2. The molecule has 2 heterocycles. The second-order valence-electron chi connectivity index (χ2n) is 6.98. The highest BCUT2D eigenvalue weighted by Gasteiger charge is 2.22. The van der Waals surface area contributed by atoms with Crippen molar-refractivity contribution in [2.75, 3.05) is 11.9 Å². The number of anilines is 1. The molecule has 9 heteroatoms. The van der Waals surface area contributed by atoms with Gasteiger partial charge in [-0.1, -0.05) is 31.0 Å². The van der Waals surface area contributed by atoms with E-state index in [0.29, 0.717) is 17.6 Å². The fourth-order valence-corrected chi connectivity index (χ4v) is 3.48. The van der Waals surface area contributed by atoms with Crippen LogP contribution in [0.25, 0.3) is 5.69 Å². The Balaban J connectivity index is 1.36. The van der Waals surface area contributed by atoms with Gasteiger partial charge in [-0.05, 0) is 31.9 Å². The van der Waals surface area contributed by atoms with Crippen LogP contribution in [0.15, 0.2) is 42.6 Å². The van der Waals surface area contributed by atoms with Crippen molar-refractivity contribution in [1.29, 1.82) is 0 Å². The van der Waals surface area contributed by atoms with Gasteiger partial charge >= 0.3 is 5.97 Å². The molecular formula is C20H22N6O3. The SMILES string of the molecule is Cc1nn(-c2ccccc2)nc1C(=O)OCC(=O)Nc1ccnn1C1CCCC1. The molecule has 150 valence electrons. The number of ether oxygens (including phenoxy) is 1. The van der Waals surface area contributed by atoms with E-state index >= 15 is 0 Å². The van der Waals surface area contributed by atoms with Crippen molar-refractivity contribution >= 4 is 17.7 Å². The minimum atomic E-state index is -0.691. The molecule has 2 aromatic heterocycles. The smallest absolute Gasteiger partial charge is 0.361 e. The molecule has 1 aliphatic carbocycles. The number of nitrogens with one attached hydrogen (secondary N) is 1. The molecule has 0 saturated heterocycles. The van der Waals surface area contributed by atoms with Gasteiger partial charge in [-0.15, -0.1) is 5.10 Å². The Bertz CT molecular complexity index is 1000. The van der Waals surface area contributed by atoms with Crippen molar-refractivity contribution in [2.24, 2.45) is 0 Å². The van der Waals surface area contributed by atoms with Crippen molar-refractivity contribution in [1.82, 2.24) is 24.8 Å². The van der Waals surface area contributed by atoms with Crippen LogP contribution in [0.2, 0.25) is 0 Å². The van der Waals surface area contributed by atoms with E-state index in [0.717, 1.165) is 18.5 Å². The molecular weight excluding hydrogens is 372 g/mol. The van der Waals surface area contributed by atoms with Crippen LogP contribution >= 0.6 is 0 Å². The summed E-state index contributed by atoms with van der Waals surface area (Å²) in [7, 11) is 0. The molecule has 1 amide bonds. The lowest BCUT2D eigenvalue weighted by Crippen LogP contribution is -2.23. The number of rotatable bonds is 6. The summed E-state index contributed by atoms with van der Waals surface area (Å²) in [5.41, 5.74) is 1.24. The standard InChI is InChI=1S/C20H22N6O3/c1-14-19(24-26(23-14)16-9-3-2-4-10-16)20(28)29-13-18(27)22-17-11-12-21-25(17)15-7-5-6-8-15/h2-4,9-12,15H,5-8,13H2,1H3,(H,22,27). The Hall–Kier alpha value is -3.49. The molecule has 1 saturated carbocycles. The van der Waals surface area contributed by atoms with Crippen LogP contribution in [0.4, 0.5) is 5.82 Å². The van der Waals surface area contributed by atoms with Gasteiger partial charge in [-0.2, -0.15) is 15.0 Å². The first-order valence-corrected chi connectivity index (χ1v) is 9.61. The Kier molecular flexibility index (Phi) is 5.37. The Morgan fingerprint density at radius 3 is 2.66 bits per heavy atom. The predicted molar refractivity (Wildman–Crippen MR) is 105 cm³/mol. The summed E-state index contributed by atoms with van der Waals surface area (Å²) in [6.07, 6.45) is 6.09. The third kappa shape index (κ3) is 4.18. The summed E-state index contributed by atoms with van der Waals surface area (Å²) in [6, 6.07) is 11.3. The first-order chi connectivity index (χ1) is 14.1. The lowest BCUT2D eigenvalue weighted by molar-refractivity contribution is -0.119. The zero-order valence-corrected chi connectivity index (χ0v) is 16.1. The predicted octanol–water partition coefficient (Wildman–Crippen LogP) is 2.68. The van der Waals surface area contributed by atoms with Gasteiger partial charge in [0.15, 0.2) is 12.3 Å². The maximum absolute atomic E-state index is 12.4. The number of nitrogens with zero attached hydrogens (tertiary/aromatic N) is 5. The molecule has 3 aromatic rings. The Morgan fingerprint density at radius 1 is 1.14 bits per heavy atom. The fraction of sp³-hybridized carbons (Fsp3) is 0.350. The van der Waals surface area contributed by atoms with Crippen molar-refractivity contribution in [2.45, 2.75) is 38.6 Å². The number of hydrogen-bond donors (Lipinski definition) is 1. The van der Waals surface area contributed by atoms with E-state index in [4.69, 9.17) is 4.74 Å². The molecule has 0 bridgehead atoms. The maximum atomic E-state index is 12.4. The molecule has 9 nitrogen and oxygen atoms in total. The molecule has 0 atom stereocenters. The minimum absolute atomic E-state index is 0.0812. The summed E-state index contributed by atoms with van der Waals surface area (Å²) < 4.78 is 6.97. The van der Waals surface area contributed by atoms with E-state index in [9.17, 15) is 9.59 Å². The molecule has 29 heavy (non-hydrogen) atoms. The van der Waals surface area contributed by atoms with E-state index < -0.39 is 18.5 Å². The van der Waals surface area contributed by atoms with Crippen molar-refractivity contribution in [3.05, 3.63) is 54.0 Å². The average molecular weight is 394 g/mol. The van der Waals surface area contributed by atoms with Crippen molar-refractivity contribution < 1.29 is 14.3 Å². The van der Waals surface area contributed by atoms with E-state index in [-0.39, 0.29) is 5.69 Å². The molecule has 1 fully saturated rings. The number of esters is 1. The highest BCUT2D eigenvalue weighted by atomic mass is 16.5. The van der Waals surface area contributed by atoms with Crippen LogP contribution in [-0.2, 0) is 9.53 Å². The lowest BCUT2D eigenvalue weighted by Gasteiger charge is -2.14. The third-order valence-corrected chi connectivity index (χ3v) is 4.91. The highest BCUT2D eigenvalue weighted by Crippen LogP contribution is 2.31. The molecule has 0 aliphatic heterocycles. The van der Waals surface area contributed by atoms with Gasteiger partial charge in [0.2, 0.25) is 0 Å². The highest BCUT2D eigenvalue weighted by molar-refractivity contribution is 5.94. The molecule has 1 aliphatic rings. The normalized spacial score (nSPS) is 14.1. The molecule has 0 spiro atoms. The number of benzene rings is 1. The van der Waals surface area contributed by atoms with Crippen LogP contribution in [0, 0.1) is 6.92 Å². The summed E-state index contributed by atoms with van der Waals surface area (Å²) in [6.45, 7) is 1.26. The van der Waals surface area contributed by atoms with E-state index in [1.54, 1.807) is 19.2 Å². The van der Waals surface area contributed by atoms with Crippen LogP contribution in [0.3, 0.4) is 0 Å². The van der Waals surface area contributed by atoms with Crippen molar-refractivity contribution in [3.8, 4) is 5.69 Å². The van der Waals surface area contributed by atoms with Gasteiger partial charge in [0, 0.05) is 6.07 Å². The molecule has 1 N–H and O–H groups in total. The zero-order valence-electron chi connectivity index (χ0n) is 16.1. The van der Waals surface area contributed by atoms with Crippen LogP contribution in [0.5, 0.6) is 0 Å². The third-order valence-electron chi connectivity index (χ3n) is 4.91. The number of carbonyl (C=O) groups excluding carboxylic acids is 2.